The first-order valence-corrected chi connectivity index (χ1v) is 10.9. The number of hydrogen-bond acceptors (Lipinski definition) is 4. The highest BCUT2D eigenvalue weighted by Gasteiger charge is 2.40. The minimum absolute atomic E-state index is 0.0397. The van der Waals surface area contributed by atoms with Gasteiger partial charge in [0, 0.05) is 56.9 Å². The minimum atomic E-state index is 0.0397. The van der Waals surface area contributed by atoms with Gasteiger partial charge in [0.15, 0.2) is 0 Å². The lowest BCUT2D eigenvalue weighted by Gasteiger charge is -2.47. The van der Waals surface area contributed by atoms with E-state index in [1.54, 1.807) is 13.2 Å². The van der Waals surface area contributed by atoms with Gasteiger partial charge in [-0.15, -0.1) is 0 Å². The van der Waals surface area contributed by atoms with Crippen molar-refractivity contribution in [3.8, 4) is 0 Å². The molecule has 154 valence electrons. The Kier molecular flexibility index (Phi) is 6.16. The smallest absolute Gasteiger partial charge is 0.251 e. The van der Waals surface area contributed by atoms with Crippen LogP contribution < -0.4 is 10.9 Å². The van der Waals surface area contributed by atoms with E-state index in [2.05, 4.69) is 16.3 Å². The van der Waals surface area contributed by atoms with E-state index in [0.717, 1.165) is 64.0 Å². The van der Waals surface area contributed by atoms with Crippen LogP contribution in [0.25, 0.3) is 0 Å². The van der Waals surface area contributed by atoms with Gasteiger partial charge in [0.2, 0.25) is 5.91 Å². The molecule has 2 fully saturated rings. The number of nitrogens with zero attached hydrogens (tertiary/aromatic N) is 2. The van der Waals surface area contributed by atoms with Crippen molar-refractivity contribution in [1.29, 1.82) is 0 Å². The van der Waals surface area contributed by atoms with Gasteiger partial charge in [-0.2, -0.15) is 0 Å². The molecule has 1 amide bonds. The molecule has 1 aromatic rings. The van der Waals surface area contributed by atoms with Gasteiger partial charge in [-0.3, -0.25) is 9.59 Å². The van der Waals surface area contributed by atoms with E-state index in [1.807, 2.05) is 10.6 Å². The van der Waals surface area contributed by atoms with E-state index in [1.165, 1.54) is 6.42 Å². The van der Waals surface area contributed by atoms with Crippen molar-refractivity contribution in [2.75, 3.05) is 39.9 Å². The van der Waals surface area contributed by atoms with Gasteiger partial charge in [-0.25, -0.2) is 0 Å². The van der Waals surface area contributed by atoms with Crippen LogP contribution in [0.5, 0.6) is 0 Å². The number of likely N-dealkylation sites (tertiary alicyclic amines) is 1. The summed E-state index contributed by atoms with van der Waals surface area (Å²) in [6, 6.07) is 5.67. The molecule has 28 heavy (non-hydrogen) atoms. The number of carbonyl (C=O) groups is 1. The van der Waals surface area contributed by atoms with Crippen LogP contribution in [0.3, 0.4) is 0 Å². The predicted octanol–water partition coefficient (Wildman–Crippen LogP) is 2.15. The highest BCUT2D eigenvalue weighted by Crippen LogP contribution is 2.40. The molecule has 3 aliphatic rings. The molecule has 0 aromatic carbocycles. The van der Waals surface area contributed by atoms with Crippen LogP contribution >= 0.6 is 0 Å². The Morgan fingerprint density at radius 3 is 2.82 bits per heavy atom. The summed E-state index contributed by atoms with van der Waals surface area (Å²) >= 11 is 0. The Balaban J connectivity index is 1.52. The molecule has 3 heterocycles. The predicted molar refractivity (Wildman–Crippen MR) is 108 cm³/mol. The minimum Gasteiger partial charge on any atom is -0.383 e. The van der Waals surface area contributed by atoms with Crippen molar-refractivity contribution in [3.63, 3.8) is 0 Å². The van der Waals surface area contributed by atoms with E-state index in [0.29, 0.717) is 18.4 Å². The molecule has 3 atom stereocenters. The summed E-state index contributed by atoms with van der Waals surface area (Å²) in [7, 11) is 1.74. The van der Waals surface area contributed by atoms with Crippen LogP contribution in [0.4, 0.5) is 0 Å². The maximum absolute atomic E-state index is 12.7. The lowest BCUT2D eigenvalue weighted by molar-refractivity contribution is -0.126. The molecule has 6 heteroatoms. The van der Waals surface area contributed by atoms with Crippen molar-refractivity contribution < 1.29 is 9.53 Å². The Hall–Kier alpha value is -1.66. The van der Waals surface area contributed by atoms with Gasteiger partial charge >= 0.3 is 0 Å². The number of rotatable bonds is 6. The van der Waals surface area contributed by atoms with Crippen molar-refractivity contribution >= 4 is 5.91 Å². The van der Waals surface area contributed by atoms with Crippen molar-refractivity contribution in [2.45, 2.75) is 50.5 Å². The average Bonchev–Trinajstić information content (AvgIpc) is 2.73. The van der Waals surface area contributed by atoms with E-state index in [4.69, 9.17) is 4.74 Å². The third-order valence-electron chi connectivity index (χ3n) is 6.95. The third-order valence-corrected chi connectivity index (χ3v) is 6.95. The lowest BCUT2D eigenvalue weighted by Crippen LogP contribution is -2.52. The van der Waals surface area contributed by atoms with Gasteiger partial charge in [-0.1, -0.05) is 25.3 Å². The average molecular weight is 388 g/mol. The molecule has 1 N–H and O–H groups in total. The SMILES string of the molecule is COCCN1C[C@H]2C[C@@H](C1)[C@H](CNC(=O)C1CCCCC1)n1c2cccc1=O. The zero-order chi connectivity index (χ0) is 19.5. The van der Waals surface area contributed by atoms with Gasteiger partial charge in [0.05, 0.1) is 12.6 Å². The van der Waals surface area contributed by atoms with Gasteiger partial charge in [-0.05, 0) is 31.2 Å². The van der Waals surface area contributed by atoms with Crippen molar-refractivity contribution in [3.05, 3.63) is 34.2 Å². The molecule has 4 rings (SSSR count). The molecule has 1 saturated heterocycles. The molecular formula is C22H33N3O3. The number of aromatic nitrogens is 1. The number of pyridine rings is 1. The van der Waals surface area contributed by atoms with Crippen molar-refractivity contribution in [1.82, 2.24) is 14.8 Å². The van der Waals surface area contributed by atoms with E-state index in [-0.39, 0.29) is 23.4 Å². The van der Waals surface area contributed by atoms with Crippen LogP contribution in [0.2, 0.25) is 0 Å². The number of carbonyl (C=O) groups excluding carboxylic acids is 1. The quantitative estimate of drug-likeness (QED) is 0.812. The first-order chi connectivity index (χ1) is 13.7. The van der Waals surface area contributed by atoms with Crippen LogP contribution in [-0.2, 0) is 9.53 Å². The summed E-state index contributed by atoms with van der Waals surface area (Å²) in [5.41, 5.74) is 1.19. The third kappa shape index (κ3) is 4.03. The van der Waals surface area contributed by atoms with E-state index >= 15 is 0 Å². The molecule has 1 aromatic heterocycles. The standard InChI is InChI=1S/C22H33N3O3/c1-28-11-10-24-14-17-12-18(15-24)20(25-19(17)8-5-9-21(25)26)13-23-22(27)16-6-3-2-4-7-16/h5,8-9,16-18,20H,2-4,6-7,10-15H2,1H3,(H,23,27)/t17-,18+,20+/m1/s1. The van der Waals surface area contributed by atoms with Crippen LogP contribution in [0, 0.1) is 11.8 Å². The second-order valence-electron chi connectivity index (χ2n) is 8.75. The van der Waals surface area contributed by atoms with E-state index in [9.17, 15) is 9.59 Å². The first-order valence-electron chi connectivity index (χ1n) is 10.9. The number of fused-ring (bicyclic) bond motifs is 4. The number of amides is 1. The van der Waals surface area contributed by atoms with Gasteiger partial charge in [0.25, 0.3) is 5.56 Å². The highest BCUT2D eigenvalue weighted by atomic mass is 16.5. The molecule has 1 aliphatic carbocycles. The summed E-state index contributed by atoms with van der Waals surface area (Å²) in [5, 5.41) is 3.21. The molecule has 0 radical (unpaired) electrons. The summed E-state index contributed by atoms with van der Waals surface area (Å²) < 4.78 is 7.25. The molecule has 0 unspecified atom stereocenters. The molecule has 6 nitrogen and oxygen atoms in total. The zero-order valence-electron chi connectivity index (χ0n) is 16.9. The topological polar surface area (TPSA) is 63.6 Å². The van der Waals surface area contributed by atoms with Gasteiger partial charge in [0.1, 0.15) is 0 Å². The number of nitrogens with one attached hydrogen (secondary N) is 1. The highest BCUT2D eigenvalue weighted by molar-refractivity contribution is 5.78. The second kappa shape index (κ2) is 8.78. The number of methoxy groups -OCH3 is 1. The first kappa shape index (κ1) is 19.6. The van der Waals surface area contributed by atoms with Crippen LogP contribution in [0.1, 0.15) is 56.2 Å². The molecule has 0 spiro atoms. The monoisotopic (exact) mass is 387 g/mol. The summed E-state index contributed by atoms with van der Waals surface area (Å²) in [4.78, 5) is 27.9. The Morgan fingerprint density at radius 2 is 2.04 bits per heavy atom. The Labute approximate surface area is 167 Å². The molecular weight excluding hydrogens is 354 g/mol. The Morgan fingerprint density at radius 1 is 1.21 bits per heavy atom. The number of hydrogen-bond donors (Lipinski definition) is 1. The maximum Gasteiger partial charge on any atom is 0.251 e. The van der Waals surface area contributed by atoms with E-state index < -0.39 is 0 Å². The number of piperidine rings is 1. The molecule has 2 bridgehead atoms. The van der Waals surface area contributed by atoms with Crippen LogP contribution in [-0.4, -0.2) is 55.3 Å². The van der Waals surface area contributed by atoms with Crippen molar-refractivity contribution in [2.24, 2.45) is 11.8 Å². The van der Waals surface area contributed by atoms with Gasteiger partial charge < -0.3 is 19.5 Å². The zero-order valence-corrected chi connectivity index (χ0v) is 16.9. The normalized spacial score (nSPS) is 28.0. The fourth-order valence-corrected chi connectivity index (χ4v) is 5.52. The fraction of sp³-hybridized carbons (Fsp3) is 0.727. The van der Waals surface area contributed by atoms with Crippen LogP contribution in [0.15, 0.2) is 23.0 Å². The number of ether oxygens (including phenoxy) is 1. The summed E-state index contributed by atoms with van der Waals surface area (Å²) in [6.45, 7) is 4.14. The maximum atomic E-state index is 12.7. The molecule has 1 saturated carbocycles. The Bertz CT molecular complexity index is 741. The lowest BCUT2D eigenvalue weighted by atomic mass is 9.78. The summed E-state index contributed by atoms with van der Waals surface area (Å²) in [5.74, 6) is 1.10. The second-order valence-corrected chi connectivity index (χ2v) is 8.75. The summed E-state index contributed by atoms with van der Waals surface area (Å²) in [6.07, 6.45) is 6.66. The largest absolute Gasteiger partial charge is 0.383 e. The molecule has 2 aliphatic heterocycles. The fourth-order valence-electron chi connectivity index (χ4n) is 5.52.